The number of hydrogen-bond acceptors (Lipinski definition) is 5. The number of aryl methyl sites for hydroxylation is 1. The van der Waals surface area contributed by atoms with Crippen LogP contribution in [-0.2, 0) is 4.79 Å². The van der Waals surface area contributed by atoms with Gasteiger partial charge >= 0.3 is 0 Å². The quantitative estimate of drug-likeness (QED) is 0.936. The molecule has 1 fully saturated rings. The fraction of sp³-hybridized carbons (Fsp3) is 0.471. The van der Waals surface area contributed by atoms with E-state index < -0.39 is 0 Å². The standard InChI is InChI=1S/C17H22N4OS/c1-11(20-17(22)15-5-4-8-21(15)3)13-6-7-14(18-9-13)16-12(2)19-10-23-16/h6-7,9-11,15H,4-5,8H2,1-3H3,(H,20,22). The molecule has 6 heteroatoms. The summed E-state index contributed by atoms with van der Waals surface area (Å²) in [5.41, 5.74) is 4.79. The number of pyridine rings is 1. The summed E-state index contributed by atoms with van der Waals surface area (Å²) in [7, 11) is 2.01. The van der Waals surface area contributed by atoms with E-state index in [2.05, 4.69) is 20.2 Å². The van der Waals surface area contributed by atoms with Crippen molar-refractivity contribution in [3.8, 4) is 10.6 Å². The highest BCUT2D eigenvalue weighted by Crippen LogP contribution is 2.26. The van der Waals surface area contributed by atoms with Gasteiger partial charge in [0.1, 0.15) is 0 Å². The van der Waals surface area contributed by atoms with Crippen molar-refractivity contribution < 1.29 is 4.79 Å². The van der Waals surface area contributed by atoms with Crippen LogP contribution >= 0.6 is 11.3 Å². The number of aromatic nitrogens is 2. The van der Waals surface area contributed by atoms with Crippen molar-refractivity contribution in [2.24, 2.45) is 0 Å². The first-order chi connectivity index (χ1) is 11.1. The highest BCUT2D eigenvalue weighted by molar-refractivity contribution is 7.13. The van der Waals surface area contributed by atoms with Crippen LogP contribution in [0.15, 0.2) is 23.8 Å². The van der Waals surface area contributed by atoms with Crippen LogP contribution in [0.2, 0.25) is 0 Å². The molecule has 1 aliphatic rings. The Morgan fingerprint density at radius 1 is 1.43 bits per heavy atom. The van der Waals surface area contributed by atoms with Crippen molar-refractivity contribution in [1.82, 2.24) is 20.2 Å². The van der Waals surface area contributed by atoms with Gasteiger partial charge in [0.05, 0.1) is 33.9 Å². The van der Waals surface area contributed by atoms with Crippen LogP contribution < -0.4 is 5.32 Å². The zero-order valence-corrected chi connectivity index (χ0v) is 14.6. The Kier molecular flexibility index (Phi) is 4.73. The Morgan fingerprint density at radius 2 is 2.26 bits per heavy atom. The number of rotatable bonds is 4. The summed E-state index contributed by atoms with van der Waals surface area (Å²) in [6.07, 6.45) is 3.88. The Bertz CT molecular complexity index is 682. The van der Waals surface area contributed by atoms with Crippen LogP contribution in [0.4, 0.5) is 0 Å². The summed E-state index contributed by atoms with van der Waals surface area (Å²) >= 11 is 1.60. The molecule has 0 aromatic carbocycles. The summed E-state index contributed by atoms with van der Waals surface area (Å²) in [5.74, 6) is 0.111. The molecule has 23 heavy (non-hydrogen) atoms. The lowest BCUT2D eigenvalue weighted by Crippen LogP contribution is -2.42. The van der Waals surface area contributed by atoms with Gasteiger partial charge in [0.15, 0.2) is 0 Å². The average Bonchev–Trinajstić information content (AvgIpc) is 3.15. The van der Waals surface area contributed by atoms with Crippen molar-refractivity contribution in [1.29, 1.82) is 0 Å². The summed E-state index contributed by atoms with van der Waals surface area (Å²) in [4.78, 5) is 24.4. The van der Waals surface area contributed by atoms with Crippen LogP contribution in [0.5, 0.6) is 0 Å². The molecule has 2 aromatic rings. The molecule has 3 rings (SSSR count). The van der Waals surface area contributed by atoms with E-state index in [0.717, 1.165) is 41.2 Å². The van der Waals surface area contributed by atoms with E-state index in [1.54, 1.807) is 11.3 Å². The van der Waals surface area contributed by atoms with E-state index in [1.807, 2.05) is 44.7 Å². The normalized spacial score (nSPS) is 19.7. The predicted octanol–water partition coefficient (Wildman–Crippen LogP) is 2.78. The minimum absolute atomic E-state index is 0.00419. The first-order valence-corrected chi connectivity index (χ1v) is 8.81. The zero-order chi connectivity index (χ0) is 16.4. The van der Waals surface area contributed by atoms with Gasteiger partial charge in [-0.25, -0.2) is 4.98 Å². The number of hydrogen-bond donors (Lipinski definition) is 1. The van der Waals surface area contributed by atoms with Crippen LogP contribution in [-0.4, -0.2) is 40.4 Å². The second kappa shape index (κ2) is 6.76. The Hall–Kier alpha value is -1.79. The minimum Gasteiger partial charge on any atom is -0.348 e. The van der Waals surface area contributed by atoms with Gasteiger partial charge in [0.25, 0.3) is 0 Å². The monoisotopic (exact) mass is 330 g/mol. The Balaban J connectivity index is 1.67. The molecule has 2 unspecified atom stereocenters. The molecule has 0 radical (unpaired) electrons. The molecular weight excluding hydrogens is 308 g/mol. The van der Waals surface area contributed by atoms with Gasteiger partial charge in [-0.3, -0.25) is 14.7 Å². The average molecular weight is 330 g/mol. The number of nitrogens with zero attached hydrogens (tertiary/aromatic N) is 3. The summed E-state index contributed by atoms with van der Waals surface area (Å²) in [5, 5.41) is 3.10. The molecule has 0 bridgehead atoms. The Morgan fingerprint density at radius 3 is 2.83 bits per heavy atom. The maximum atomic E-state index is 12.4. The van der Waals surface area contributed by atoms with E-state index >= 15 is 0 Å². The van der Waals surface area contributed by atoms with E-state index in [0.29, 0.717) is 0 Å². The number of amides is 1. The van der Waals surface area contributed by atoms with Crippen molar-refractivity contribution >= 4 is 17.2 Å². The molecule has 0 aliphatic carbocycles. The predicted molar refractivity (Wildman–Crippen MR) is 92.3 cm³/mol. The lowest BCUT2D eigenvalue weighted by atomic mass is 10.1. The molecule has 1 saturated heterocycles. The molecule has 2 atom stereocenters. The van der Waals surface area contributed by atoms with E-state index in [1.165, 1.54) is 0 Å². The molecule has 0 saturated carbocycles. The lowest BCUT2D eigenvalue weighted by molar-refractivity contribution is -0.125. The van der Waals surface area contributed by atoms with Gasteiger partial charge < -0.3 is 5.32 Å². The van der Waals surface area contributed by atoms with Crippen molar-refractivity contribution in [2.75, 3.05) is 13.6 Å². The smallest absolute Gasteiger partial charge is 0.237 e. The van der Waals surface area contributed by atoms with Gasteiger partial charge in [0, 0.05) is 6.20 Å². The van der Waals surface area contributed by atoms with E-state index in [9.17, 15) is 4.79 Å². The van der Waals surface area contributed by atoms with Crippen LogP contribution in [0.25, 0.3) is 10.6 Å². The molecule has 1 amide bonds. The number of carbonyl (C=O) groups is 1. The number of likely N-dealkylation sites (tertiary alicyclic amines) is 1. The van der Waals surface area contributed by atoms with E-state index in [-0.39, 0.29) is 18.0 Å². The third kappa shape index (κ3) is 3.43. The first kappa shape index (κ1) is 16.1. The van der Waals surface area contributed by atoms with Gasteiger partial charge in [0.2, 0.25) is 5.91 Å². The molecule has 2 aromatic heterocycles. The number of nitrogens with one attached hydrogen (secondary N) is 1. The van der Waals surface area contributed by atoms with Gasteiger partial charge in [-0.2, -0.15) is 0 Å². The van der Waals surface area contributed by atoms with Crippen LogP contribution in [0.3, 0.4) is 0 Å². The lowest BCUT2D eigenvalue weighted by Gasteiger charge is -2.22. The molecule has 5 nitrogen and oxygen atoms in total. The molecule has 3 heterocycles. The molecule has 0 spiro atoms. The fourth-order valence-electron chi connectivity index (χ4n) is 2.98. The summed E-state index contributed by atoms with van der Waals surface area (Å²) < 4.78 is 0. The minimum atomic E-state index is -0.0411. The first-order valence-electron chi connectivity index (χ1n) is 7.93. The second-order valence-electron chi connectivity index (χ2n) is 6.11. The highest BCUT2D eigenvalue weighted by Gasteiger charge is 2.28. The van der Waals surface area contributed by atoms with Crippen molar-refractivity contribution in [3.05, 3.63) is 35.1 Å². The molecule has 122 valence electrons. The van der Waals surface area contributed by atoms with Gasteiger partial charge in [-0.05, 0) is 51.9 Å². The van der Waals surface area contributed by atoms with Gasteiger partial charge in [-0.15, -0.1) is 11.3 Å². The number of likely N-dealkylation sites (N-methyl/N-ethyl adjacent to an activating group) is 1. The molecule has 1 N–H and O–H groups in total. The van der Waals surface area contributed by atoms with Crippen LogP contribution in [0, 0.1) is 6.92 Å². The highest BCUT2D eigenvalue weighted by atomic mass is 32.1. The second-order valence-corrected chi connectivity index (χ2v) is 6.97. The topological polar surface area (TPSA) is 58.1 Å². The third-order valence-electron chi connectivity index (χ3n) is 4.45. The number of thiazole rings is 1. The number of carbonyl (C=O) groups excluding carboxylic acids is 1. The van der Waals surface area contributed by atoms with Crippen molar-refractivity contribution in [3.63, 3.8) is 0 Å². The largest absolute Gasteiger partial charge is 0.348 e. The van der Waals surface area contributed by atoms with Crippen LogP contribution in [0.1, 0.15) is 37.1 Å². The maximum Gasteiger partial charge on any atom is 0.237 e. The molecule has 1 aliphatic heterocycles. The summed E-state index contributed by atoms with van der Waals surface area (Å²) in [6, 6.07) is 4.00. The Labute approximate surface area is 140 Å². The maximum absolute atomic E-state index is 12.4. The SMILES string of the molecule is Cc1ncsc1-c1ccc(C(C)NC(=O)C2CCCN2C)cn1. The fourth-order valence-corrected chi connectivity index (χ4v) is 3.76. The third-order valence-corrected chi connectivity index (χ3v) is 5.40. The zero-order valence-electron chi connectivity index (χ0n) is 13.7. The van der Waals surface area contributed by atoms with Crippen molar-refractivity contribution in [2.45, 2.75) is 38.8 Å². The summed E-state index contributed by atoms with van der Waals surface area (Å²) in [6.45, 7) is 4.99. The molecular formula is C17H22N4OS. The van der Waals surface area contributed by atoms with Gasteiger partial charge in [-0.1, -0.05) is 6.07 Å². The van der Waals surface area contributed by atoms with E-state index in [4.69, 9.17) is 0 Å².